The van der Waals surface area contributed by atoms with Crippen LogP contribution >= 0.6 is 0 Å². The third kappa shape index (κ3) is 2.54. The number of ether oxygens (including phenoxy) is 1. The molecule has 0 amide bonds. The maximum Gasteiger partial charge on any atom is 0.310 e. The molecule has 0 aromatic heterocycles. The summed E-state index contributed by atoms with van der Waals surface area (Å²) in [6.07, 6.45) is 1.74. The number of aryl methyl sites for hydroxylation is 1. The van der Waals surface area contributed by atoms with E-state index >= 15 is 0 Å². The Morgan fingerprint density at radius 3 is 2.44 bits per heavy atom. The number of phenols is 1. The van der Waals surface area contributed by atoms with E-state index in [0.717, 1.165) is 12.0 Å². The van der Waals surface area contributed by atoms with Crippen LogP contribution in [0.25, 0.3) is 0 Å². The second-order valence-corrected chi connectivity index (χ2v) is 3.58. The molecule has 88 valence electrons. The van der Waals surface area contributed by atoms with Crippen LogP contribution in [0.1, 0.15) is 38.3 Å². The molecule has 0 saturated heterocycles. The zero-order chi connectivity index (χ0) is 12.1. The molecule has 1 aromatic carbocycles. The van der Waals surface area contributed by atoms with Crippen LogP contribution in [0.15, 0.2) is 12.1 Å². The molecular weight excluding hydrogens is 204 g/mol. The predicted molar refractivity (Wildman–Crippen MR) is 62.8 cm³/mol. The highest BCUT2D eigenvalue weighted by Gasteiger charge is 2.13. The first-order valence-electron chi connectivity index (χ1n) is 5.68. The summed E-state index contributed by atoms with van der Waals surface area (Å²) in [6.45, 7) is 5.65. The molecule has 16 heavy (non-hydrogen) atoms. The number of phenolic OH excluding ortho intramolecular Hbond substituents is 1. The van der Waals surface area contributed by atoms with Gasteiger partial charge in [-0.3, -0.25) is 4.79 Å². The summed E-state index contributed by atoms with van der Waals surface area (Å²) >= 11 is 0. The van der Waals surface area contributed by atoms with Gasteiger partial charge in [0.2, 0.25) is 0 Å². The molecule has 0 fully saturated rings. The molecule has 0 aliphatic rings. The average molecular weight is 222 g/mol. The van der Waals surface area contributed by atoms with Gasteiger partial charge in [-0.05, 0) is 24.5 Å². The molecular formula is C13H18O3. The van der Waals surface area contributed by atoms with E-state index in [9.17, 15) is 9.90 Å². The van der Waals surface area contributed by atoms with Gasteiger partial charge in [0.15, 0.2) is 0 Å². The van der Waals surface area contributed by atoms with Crippen LogP contribution in [0.4, 0.5) is 0 Å². The number of rotatable bonds is 4. The number of hydrogen-bond acceptors (Lipinski definition) is 3. The van der Waals surface area contributed by atoms with Gasteiger partial charge in [-0.25, -0.2) is 0 Å². The Morgan fingerprint density at radius 1 is 1.25 bits per heavy atom. The minimum atomic E-state index is -0.279. The zero-order valence-electron chi connectivity index (χ0n) is 10.0. The lowest BCUT2D eigenvalue weighted by atomic mass is 10.0. The van der Waals surface area contributed by atoms with Crippen molar-refractivity contribution in [3.05, 3.63) is 23.3 Å². The molecule has 1 aromatic rings. The Balaban J connectivity index is 3.10. The Bertz CT molecular complexity index is 383. The highest BCUT2D eigenvalue weighted by atomic mass is 16.5. The second-order valence-electron chi connectivity index (χ2n) is 3.58. The fraction of sp³-hybridized carbons (Fsp3) is 0.462. The third-order valence-corrected chi connectivity index (χ3v) is 2.57. The minimum Gasteiger partial charge on any atom is -0.507 e. The van der Waals surface area contributed by atoms with Gasteiger partial charge in [-0.15, -0.1) is 0 Å². The molecule has 0 aliphatic heterocycles. The van der Waals surface area contributed by atoms with Crippen LogP contribution in [-0.2, 0) is 17.6 Å². The van der Waals surface area contributed by atoms with Gasteiger partial charge in [0.1, 0.15) is 11.5 Å². The average Bonchev–Trinajstić information content (AvgIpc) is 2.29. The fourth-order valence-corrected chi connectivity index (χ4v) is 1.58. The number of aromatic hydroxyl groups is 1. The molecule has 0 saturated carbocycles. The van der Waals surface area contributed by atoms with Crippen molar-refractivity contribution in [3.8, 4) is 11.5 Å². The van der Waals surface area contributed by atoms with E-state index in [-0.39, 0.29) is 11.7 Å². The molecule has 0 unspecified atom stereocenters. The van der Waals surface area contributed by atoms with Crippen molar-refractivity contribution in [2.75, 3.05) is 0 Å². The van der Waals surface area contributed by atoms with E-state index in [0.29, 0.717) is 24.2 Å². The van der Waals surface area contributed by atoms with Crippen molar-refractivity contribution in [2.24, 2.45) is 0 Å². The number of carbonyl (C=O) groups excluding carboxylic acids is 1. The van der Waals surface area contributed by atoms with Crippen LogP contribution < -0.4 is 4.74 Å². The van der Waals surface area contributed by atoms with E-state index < -0.39 is 0 Å². The van der Waals surface area contributed by atoms with Gasteiger partial charge in [0, 0.05) is 12.0 Å². The Labute approximate surface area is 96.1 Å². The highest BCUT2D eigenvalue weighted by molar-refractivity contribution is 5.73. The number of carbonyl (C=O) groups is 1. The van der Waals surface area contributed by atoms with E-state index in [4.69, 9.17) is 4.74 Å². The summed E-state index contributed by atoms with van der Waals surface area (Å²) < 4.78 is 5.17. The maximum absolute atomic E-state index is 11.2. The van der Waals surface area contributed by atoms with E-state index in [1.54, 1.807) is 19.1 Å². The Hall–Kier alpha value is -1.51. The lowest BCUT2D eigenvalue weighted by Gasteiger charge is -2.12. The molecule has 1 N–H and O–H groups in total. The summed E-state index contributed by atoms with van der Waals surface area (Å²) in [7, 11) is 0. The van der Waals surface area contributed by atoms with Crippen molar-refractivity contribution in [1.29, 1.82) is 0 Å². The first-order chi connectivity index (χ1) is 7.63. The number of esters is 1. The molecule has 0 atom stereocenters. The standard InChI is InChI=1S/C13H18O3/c1-4-9-7-8-11(16-12(14)6-3)10(5-2)13(9)15/h7-8,15H,4-6H2,1-3H3. The summed E-state index contributed by atoms with van der Waals surface area (Å²) in [5.41, 5.74) is 1.59. The minimum absolute atomic E-state index is 0.256. The Morgan fingerprint density at radius 2 is 1.94 bits per heavy atom. The first-order valence-corrected chi connectivity index (χ1v) is 5.68. The second kappa shape index (κ2) is 5.54. The first kappa shape index (κ1) is 12.6. The van der Waals surface area contributed by atoms with Crippen molar-refractivity contribution in [1.82, 2.24) is 0 Å². The topological polar surface area (TPSA) is 46.5 Å². The van der Waals surface area contributed by atoms with Crippen LogP contribution in [-0.4, -0.2) is 11.1 Å². The van der Waals surface area contributed by atoms with E-state index in [1.807, 2.05) is 13.8 Å². The SMILES string of the molecule is CCC(=O)Oc1ccc(CC)c(O)c1CC. The molecule has 0 radical (unpaired) electrons. The summed E-state index contributed by atoms with van der Waals surface area (Å²) in [5.74, 6) is 0.453. The monoisotopic (exact) mass is 222 g/mol. The lowest BCUT2D eigenvalue weighted by molar-refractivity contribution is -0.134. The highest BCUT2D eigenvalue weighted by Crippen LogP contribution is 2.32. The van der Waals surface area contributed by atoms with Gasteiger partial charge in [0.05, 0.1) is 0 Å². The number of benzene rings is 1. The molecule has 0 aliphatic carbocycles. The third-order valence-electron chi connectivity index (χ3n) is 2.57. The van der Waals surface area contributed by atoms with Crippen molar-refractivity contribution >= 4 is 5.97 Å². The lowest BCUT2D eigenvalue weighted by Crippen LogP contribution is -2.07. The van der Waals surface area contributed by atoms with Gasteiger partial charge in [0.25, 0.3) is 0 Å². The maximum atomic E-state index is 11.2. The fourth-order valence-electron chi connectivity index (χ4n) is 1.58. The van der Waals surface area contributed by atoms with Crippen molar-refractivity contribution < 1.29 is 14.6 Å². The Kier molecular flexibility index (Phi) is 4.35. The molecule has 0 heterocycles. The van der Waals surface area contributed by atoms with Crippen LogP contribution in [0.5, 0.6) is 11.5 Å². The van der Waals surface area contributed by atoms with Crippen LogP contribution in [0.3, 0.4) is 0 Å². The van der Waals surface area contributed by atoms with Gasteiger partial charge in [-0.1, -0.05) is 26.8 Å². The molecule has 0 bridgehead atoms. The van der Waals surface area contributed by atoms with Gasteiger partial charge in [-0.2, -0.15) is 0 Å². The van der Waals surface area contributed by atoms with Crippen LogP contribution in [0.2, 0.25) is 0 Å². The van der Waals surface area contributed by atoms with E-state index in [2.05, 4.69) is 0 Å². The van der Waals surface area contributed by atoms with E-state index in [1.165, 1.54) is 0 Å². The molecule has 3 heteroatoms. The summed E-state index contributed by atoms with van der Waals surface area (Å²) in [4.78, 5) is 11.2. The largest absolute Gasteiger partial charge is 0.507 e. The van der Waals surface area contributed by atoms with Gasteiger partial charge < -0.3 is 9.84 Å². The smallest absolute Gasteiger partial charge is 0.310 e. The predicted octanol–water partition coefficient (Wildman–Crippen LogP) is 2.83. The normalized spacial score (nSPS) is 10.2. The summed E-state index contributed by atoms with van der Waals surface area (Å²) in [5, 5.41) is 9.96. The van der Waals surface area contributed by atoms with Crippen molar-refractivity contribution in [3.63, 3.8) is 0 Å². The zero-order valence-corrected chi connectivity index (χ0v) is 10.0. The molecule has 3 nitrogen and oxygen atoms in total. The van der Waals surface area contributed by atoms with Crippen molar-refractivity contribution in [2.45, 2.75) is 40.0 Å². The quantitative estimate of drug-likeness (QED) is 0.629. The van der Waals surface area contributed by atoms with Gasteiger partial charge >= 0.3 is 5.97 Å². The number of hydrogen-bond donors (Lipinski definition) is 1. The summed E-state index contributed by atoms with van der Waals surface area (Å²) in [6, 6.07) is 3.55. The molecule has 1 rings (SSSR count). The molecule has 0 spiro atoms. The van der Waals surface area contributed by atoms with Crippen LogP contribution in [0, 0.1) is 0 Å².